The standard InChI is InChI=1S/C20H22N2O4/c1-13(2)14-3-5-15(6-4-14)20(24)21-12-19(23)22-16-7-8-17-18(11-16)26-10-9-25-17/h3-8,11,13H,9-10,12H2,1-2H3,(H,21,24)(H,22,23). The lowest BCUT2D eigenvalue weighted by molar-refractivity contribution is -0.115. The number of hydrogen-bond donors (Lipinski definition) is 2. The van der Waals surface area contributed by atoms with Gasteiger partial charge in [-0.2, -0.15) is 0 Å². The molecular weight excluding hydrogens is 332 g/mol. The Morgan fingerprint density at radius 2 is 1.69 bits per heavy atom. The van der Waals surface area contributed by atoms with E-state index < -0.39 is 0 Å². The van der Waals surface area contributed by atoms with Crippen molar-refractivity contribution in [1.29, 1.82) is 0 Å². The molecule has 136 valence electrons. The summed E-state index contributed by atoms with van der Waals surface area (Å²) in [5.41, 5.74) is 2.29. The van der Waals surface area contributed by atoms with Crippen LogP contribution in [0.4, 0.5) is 5.69 Å². The molecule has 0 radical (unpaired) electrons. The summed E-state index contributed by atoms with van der Waals surface area (Å²) in [7, 11) is 0. The van der Waals surface area contributed by atoms with Gasteiger partial charge in [0.25, 0.3) is 5.91 Å². The summed E-state index contributed by atoms with van der Waals surface area (Å²) >= 11 is 0. The van der Waals surface area contributed by atoms with Crippen LogP contribution in [0.15, 0.2) is 42.5 Å². The Hall–Kier alpha value is -3.02. The monoisotopic (exact) mass is 354 g/mol. The smallest absolute Gasteiger partial charge is 0.251 e. The van der Waals surface area contributed by atoms with Crippen LogP contribution in [-0.4, -0.2) is 31.6 Å². The highest BCUT2D eigenvalue weighted by Gasteiger charge is 2.13. The lowest BCUT2D eigenvalue weighted by Crippen LogP contribution is -2.32. The van der Waals surface area contributed by atoms with Crippen LogP contribution in [0.2, 0.25) is 0 Å². The van der Waals surface area contributed by atoms with Crippen LogP contribution in [0.5, 0.6) is 11.5 Å². The Kier molecular flexibility index (Phi) is 5.41. The Morgan fingerprint density at radius 1 is 1.00 bits per heavy atom. The van der Waals surface area contributed by atoms with Gasteiger partial charge in [0, 0.05) is 17.3 Å². The maximum absolute atomic E-state index is 12.1. The zero-order chi connectivity index (χ0) is 18.5. The fourth-order valence-corrected chi connectivity index (χ4v) is 2.61. The van der Waals surface area contributed by atoms with Crippen molar-refractivity contribution in [3.63, 3.8) is 0 Å². The van der Waals surface area contributed by atoms with Gasteiger partial charge >= 0.3 is 0 Å². The number of hydrogen-bond acceptors (Lipinski definition) is 4. The lowest BCUT2D eigenvalue weighted by Gasteiger charge is -2.19. The molecule has 0 aromatic heterocycles. The third kappa shape index (κ3) is 4.33. The highest BCUT2D eigenvalue weighted by molar-refractivity contribution is 5.99. The molecule has 0 spiro atoms. The fourth-order valence-electron chi connectivity index (χ4n) is 2.61. The molecule has 0 saturated carbocycles. The van der Waals surface area contributed by atoms with E-state index in [-0.39, 0.29) is 18.4 Å². The van der Waals surface area contributed by atoms with E-state index in [9.17, 15) is 9.59 Å². The molecule has 0 bridgehead atoms. The van der Waals surface area contributed by atoms with E-state index in [1.54, 1.807) is 30.3 Å². The molecule has 2 amide bonds. The second-order valence-corrected chi connectivity index (χ2v) is 6.37. The van der Waals surface area contributed by atoms with Gasteiger partial charge in [-0.3, -0.25) is 9.59 Å². The molecule has 0 aliphatic carbocycles. The van der Waals surface area contributed by atoms with Crippen molar-refractivity contribution < 1.29 is 19.1 Å². The minimum atomic E-state index is -0.311. The first-order valence-corrected chi connectivity index (χ1v) is 8.60. The number of anilines is 1. The number of carbonyl (C=O) groups excluding carboxylic acids is 2. The van der Waals surface area contributed by atoms with Gasteiger partial charge in [-0.05, 0) is 35.7 Å². The minimum absolute atomic E-state index is 0.112. The van der Waals surface area contributed by atoms with Crippen molar-refractivity contribution in [3.05, 3.63) is 53.6 Å². The predicted molar refractivity (Wildman–Crippen MR) is 98.9 cm³/mol. The van der Waals surface area contributed by atoms with Crippen LogP contribution in [0.25, 0.3) is 0 Å². The van der Waals surface area contributed by atoms with Crippen LogP contribution < -0.4 is 20.1 Å². The SMILES string of the molecule is CC(C)c1ccc(C(=O)NCC(=O)Nc2ccc3c(c2)OCCO3)cc1. The molecule has 0 atom stereocenters. The second-order valence-electron chi connectivity index (χ2n) is 6.37. The zero-order valence-corrected chi connectivity index (χ0v) is 14.9. The highest BCUT2D eigenvalue weighted by atomic mass is 16.6. The Morgan fingerprint density at radius 3 is 2.38 bits per heavy atom. The van der Waals surface area contributed by atoms with Crippen LogP contribution in [-0.2, 0) is 4.79 Å². The van der Waals surface area contributed by atoms with E-state index >= 15 is 0 Å². The first-order chi connectivity index (χ1) is 12.5. The molecule has 3 rings (SSSR count). The van der Waals surface area contributed by atoms with Crippen molar-refractivity contribution in [2.24, 2.45) is 0 Å². The van der Waals surface area contributed by atoms with E-state index in [1.807, 2.05) is 12.1 Å². The molecule has 26 heavy (non-hydrogen) atoms. The third-order valence-corrected chi connectivity index (χ3v) is 4.07. The van der Waals surface area contributed by atoms with Gasteiger partial charge < -0.3 is 20.1 Å². The number of amides is 2. The quantitative estimate of drug-likeness (QED) is 0.865. The van der Waals surface area contributed by atoms with Crippen molar-refractivity contribution in [2.75, 3.05) is 25.1 Å². The van der Waals surface area contributed by atoms with Gasteiger partial charge in [0.05, 0.1) is 6.54 Å². The maximum Gasteiger partial charge on any atom is 0.251 e. The van der Waals surface area contributed by atoms with Crippen molar-refractivity contribution in [2.45, 2.75) is 19.8 Å². The molecule has 6 heteroatoms. The van der Waals surface area contributed by atoms with E-state index in [4.69, 9.17) is 9.47 Å². The van der Waals surface area contributed by atoms with Gasteiger partial charge in [0.15, 0.2) is 11.5 Å². The lowest BCUT2D eigenvalue weighted by atomic mass is 10.0. The number of ether oxygens (including phenoxy) is 2. The summed E-state index contributed by atoms with van der Waals surface area (Å²) in [5.74, 6) is 1.08. The van der Waals surface area contributed by atoms with Gasteiger partial charge in [0.2, 0.25) is 5.91 Å². The fraction of sp³-hybridized carbons (Fsp3) is 0.300. The average molecular weight is 354 g/mol. The molecule has 2 N–H and O–H groups in total. The summed E-state index contributed by atoms with van der Waals surface area (Å²) < 4.78 is 10.9. The molecular formula is C20H22N2O4. The summed E-state index contributed by atoms with van der Waals surface area (Å²) in [6, 6.07) is 12.6. The molecule has 2 aromatic rings. The minimum Gasteiger partial charge on any atom is -0.486 e. The molecule has 1 aliphatic rings. The maximum atomic E-state index is 12.1. The summed E-state index contributed by atoms with van der Waals surface area (Å²) in [6.45, 7) is 5.08. The Bertz CT molecular complexity index is 800. The Labute approximate surface area is 152 Å². The van der Waals surface area contributed by atoms with E-state index in [0.717, 1.165) is 5.56 Å². The first kappa shape index (κ1) is 17.8. The largest absolute Gasteiger partial charge is 0.486 e. The number of nitrogens with one attached hydrogen (secondary N) is 2. The molecule has 1 heterocycles. The molecule has 2 aromatic carbocycles. The molecule has 6 nitrogen and oxygen atoms in total. The molecule has 1 aliphatic heterocycles. The summed E-state index contributed by atoms with van der Waals surface area (Å²) in [6.07, 6.45) is 0. The second kappa shape index (κ2) is 7.91. The number of rotatable bonds is 5. The van der Waals surface area contributed by atoms with Gasteiger partial charge in [-0.15, -0.1) is 0 Å². The number of benzene rings is 2. The van der Waals surface area contributed by atoms with Gasteiger partial charge in [-0.1, -0.05) is 26.0 Å². The number of carbonyl (C=O) groups is 2. The highest BCUT2D eigenvalue weighted by Crippen LogP contribution is 2.32. The normalized spacial score (nSPS) is 12.6. The Balaban J connectivity index is 1.52. The molecule has 0 saturated heterocycles. The van der Waals surface area contributed by atoms with Crippen LogP contribution in [0.3, 0.4) is 0 Å². The van der Waals surface area contributed by atoms with E-state index in [1.165, 1.54) is 0 Å². The van der Waals surface area contributed by atoms with Crippen molar-refractivity contribution in [1.82, 2.24) is 5.32 Å². The van der Waals surface area contributed by atoms with E-state index in [0.29, 0.717) is 41.9 Å². The van der Waals surface area contributed by atoms with Crippen LogP contribution in [0, 0.1) is 0 Å². The van der Waals surface area contributed by atoms with E-state index in [2.05, 4.69) is 24.5 Å². The van der Waals surface area contributed by atoms with Crippen molar-refractivity contribution >= 4 is 17.5 Å². The molecule has 0 fully saturated rings. The number of fused-ring (bicyclic) bond motifs is 1. The third-order valence-electron chi connectivity index (χ3n) is 4.07. The topological polar surface area (TPSA) is 76.7 Å². The predicted octanol–water partition coefficient (Wildman–Crippen LogP) is 2.95. The van der Waals surface area contributed by atoms with Gasteiger partial charge in [-0.25, -0.2) is 0 Å². The zero-order valence-electron chi connectivity index (χ0n) is 14.9. The first-order valence-electron chi connectivity index (χ1n) is 8.60. The summed E-state index contributed by atoms with van der Waals surface area (Å²) in [5, 5.41) is 5.36. The average Bonchev–Trinajstić information content (AvgIpc) is 2.66. The molecule has 0 unspecified atom stereocenters. The van der Waals surface area contributed by atoms with Crippen LogP contribution in [0.1, 0.15) is 35.7 Å². The van der Waals surface area contributed by atoms with Gasteiger partial charge in [0.1, 0.15) is 13.2 Å². The van der Waals surface area contributed by atoms with Crippen molar-refractivity contribution in [3.8, 4) is 11.5 Å². The van der Waals surface area contributed by atoms with Crippen LogP contribution >= 0.6 is 0 Å². The summed E-state index contributed by atoms with van der Waals surface area (Å²) in [4.78, 5) is 24.2.